The number of amides is 1. The molecule has 0 atom stereocenters. The van der Waals surface area contributed by atoms with Gasteiger partial charge in [0.2, 0.25) is 0 Å². The molecule has 1 amide bonds. The molecule has 0 spiro atoms. The maximum absolute atomic E-state index is 11.8. The number of hydrogen-bond acceptors (Lipinski definition) is 3. The van der Waals surface area contributed by atoms with Gasteiger partial charge >= 0.3 is 0 Å². The molecule has 0 bridgehead atoms. The van der Waals surface area contributed by atoms with Crippen LogP contribution < -0.4 is 5.32 Å². The molecule has 0 fully saturated rings. The van der Waals surface area contributed by atoms with Crippen LogP contribution in [-0.2, 0) is 7.05 Å². The Morgan fingerprint density at radius 2 is 2.40 bits per heavy atom. The first-order valence-electron chi connectivity index (χ1n) is 5.05. The molecule has 1 rings (SSSR count). The molecular weight excluding hydrogens is 192 g/mol. The summed E-state index contributed by atoms with van der Waals surface area (Å²) in [5.74, 6) is -0.0216. The summed E-state index contributed by atoms with van der Waals surface area (Å²) in [7, 11) is 5.50. The van der Waals surface area contributed by atoms with Gasteiger partial charge in [-0.15, -0.1) is 0 Å². The van der Waals surface area contributed by atoms with Gasteiger partial charge in [0, 0.05) is 26.8 Å². The lowest BCUT2D eigenvalue weighted by molar-refractivity contribution is 0.0787. The van der Waals surface area contributed by atoms with Crippen LogP contribution in [0.3, 0.4) is 0 Å². The van der Waals surface area contributed by atoms with Crippen LogP contribution in [-0.4, -0.2) is 47.8 Å². The lowest BCUT2D eigenvalue weighted by atomic mass is 10.3. The van der Waals surface area contributed by atoms with Crippen molar-refractivity contribution in [1.82, 2.24) is 20.0 Å². The van der Waals surface area contributed by atoms with Gasteiger partial charge in [-0.05, 0) is 26.1 Å². The summed E-state index contributed by atoms with van der Waals surface area (Å²) in [5.41, 5.74) is 0.504. The fourth-order valence-corrected chi connectivity index (χ4v) is 1.32. The number of rotatable bonds is 5. The van der Waals surface area contributed by atoms with Crippen LogP contribution in [0.1, 0.15) is 16.9 Å². The molecule has 0 aliphatic carbocycles. The molecule has 5 heteroatoms. The van der Waals surface area contributed by atoms with Crippen molar-refractivity contribution in [3.05, 3.63) is 18.0 Å². The number of aryl methyl sites for hydroxylation is 1. The fraction of sp³-hybridized carbons (Fsp3) is 0.600. The first-order chi connectivity index (χ1) is 7.15. The second kappa shape index (κ2) is 5.50. The molecule has 0 aliphatic heterocycles. The topological polar surface area (TPSA) is 50.2 Å². The Bertz CT molecular complexity index is 321. The molecule has 15 heavy (non-hydrogen) atoms. The predicted molar refractivity (Wildman–Crippen MR) is 58.7 cm³/mol. The molecule has 84 valence electrons. The molecule has 1 heterocycles. The van der Waals surface area contributed by atoms with E-state index in [2.05, 4.69) is 10.4 Å². The Hall–Kier alpha value is -1.36. The van der Waals surface area contributed by atoms with E-state index >= 15 is 0 Å². The maximum Gasteiger partial charge on any atom is 0.274 e. The van der Waals surface area contributed by atoms with Crippen LogP contribution in [0.5, 0.6) is 0 Å². The van der Waals surface area contributed by atoms with Crippen LogP contribution in [0, 0.1) is 0 Å². The highest BCUT2D eigenvalue weighted by Gasteiger charge is 2.13. The minimum absolute atomic E-state index is 0.0216. The zero-order valence-electron chi connectivity index (χ0n) is 9.53. The Labute approximate surface area is 90.1 Å². The summed E-state index contributed by atoms with van der Waals surface area (Å²) >= 11 is 0. The standard InChI is InChI=1S/C10H18N4O/c1-11-6-4-7-13(2)10(15)9-5-8-14(3)12-9/h5,8,11H,4,6-7H2,1-3H3. The molecular formula is C10H18N4O. The highest BCUT2D eigenvalue weighted by atomic mass is 16.2. The van der Waals surface area contributed by atoms with Crippen LogP contribution in [0.4, 0.5) is 0 Å². The Morgan fingerprint density at radius 3 is 2.93 bits per heavy atom. The lowest BCUT2D eigenvalue weighted by Gasteiger charge is -2.15. The van der Waals surface area contributed by atoms with Gasteiger partial charge in [-0.2, -0.15) is 5.10 Å². The number of carbonyl (C=O) groups is 1. The third-order valence-corrected chi connectivity index (χ3v) is 2.20. The first-order valence-corrected chi connectivity index (χ1v) is 5.05. The number of nitrogens with one attached hydrogen (secondary N) is 1. The molecule has 0 saturated heterocycles. The van der Waals surface area contributed by atoms with Gasteiger partial charge in [0.25, 0.3) is 5.91 Å². The van der Waals surface area contributed by atoms with E-state index in [1.165, 1.54) is 0 Å². The summed E-state index contributed by atoms with van der Waals surface area (Å²) in [6, 6.07) is 1.73. The molecule has 1 aromatic heterocycles. The summed E-state index contributed by atoms with van der Waals surface area (Å²) in [6.07, 6.45) is 2.72. The van der Waals surface area contributed by atoms with Gasteiger partial charge in [-0.3, -0.25) is 9.48 Å². The minimum atomic E-state index is -0.0216. The molecule has 0 aliphatic rings. The van der Waals surface area contributed by atoms with Crippen molar-refractivity contribution in [2.24, 2.45) is 7.05 Å². The van der Waals surface area contributed by atoms with E-state index in [0.717, 1.165) is 19.5 Å². The van der Waals surface area contributed by atoms with Crippen LogP contribution in [0.2, 0.25) is 0 Å². The van der Waals surface area contributed by atoms with Crippen LogP contribution in [0.25, 0.3) is 0 Å². The van der Waals surface area contributed by atoms with Crippen molar-refractivity contribution in [2.45, 2.75) is 6.42 Å². The van der Waals surface area contributed by atoms with Gasteiger partial charge in [-0.1, -0.05) is 0 Å². The summed E-state index contributed by atoms with van der Waals surface area (Å²) < 4.78 is 1.63. The Balaban J connectivity index is 2.46. The van der Waals surface area contributed by atoms with Gasteiger partial charge in [-0.25, -0.2) is 0 Å². The van der Waals surface area contributed by atoms with Gasteiger partial charge < -0.3 is 10.2 Å². The van der Waals surface area contributed by atoms with Crippen molar-refractivity contribution in [3.8, 4) is 0 Å². The third-order valence-electron chi connectivity index (χ3n) is 2.20. The van der Waals surface area contributed by atoms with E-state index in [1.807, 2.05) is 7.05 Å². The van der Waals surface area contributed by atoms with Crippen molar-refractivity contribution in [2.75, 3.05) is 27.2 Å². The smallest absolute Gasteiger partial charge is 0.274 e. The first kappa shape index (κ1) is 11.7. The molecule has 0 unspecified atom stereocenters. The van der Waals surface area contributed by atoms with Crippen molar-refractivity contribution in [1.29, 1.82) is 0 Å². The van der Waals surface area contributed by atoms with Gasteiger partial charge in [0.15, 0.2) is 0 Å². The maximum atomic E-state index is 11.8. The predicted octanol–water partition coefficient (Wildman–Crippen LogP) is 0.102. The number of aromatic nitrogens is 2. The van der Waals surface area contributed by atoms with E-state index < -0.39 is 0 Å². The van der Waals surface area contributed by atoms with Gasteiger partial charge in [0.1, 0.15) is 5.69 Å². The van der Waals surface area contributed by atoms with E-state index in [9.17, 15) is 4.79 Å². The molecule has 0 radical (unpaired) electrons. The highest BCUT2D eigenvalue weighted by molar-refractivity contribution is 5.91. The molecule has 5 nitrogen and oxygen atoms in total. The number of carbonyl (C=O) groups excluding carboxylic acids is 1. The molecule has 1 aromatic rings. The molecule has 1 N–H and O–H groups in total. The van der Waals surface area contributed by atoms with E-state index in [4.69, 9.17) is 0 Å². The average Bonchev–Trinajstić information content (AvgIpc) is 2.64. The van der Waals surface area contributed by atoms with Crippen molar-refractivity contribution in [3.63, 3.8) is 0 Å². The van der Waals surface area contributed by atoms with Crippen LogP contribution in [0.15, 0.2) is 12.3 Å². The fourth-order valence-electron chi connectivity index (χ4n) is 1.32. The van der Waals surface area contributed by atoms with Crippen molar-refractivity contribution < 1.29 is 4.79 Å². The second-order valence-corrected chi connectivity index (χ2v) is 3.56. The Morgan fingerprint density at radius 1 is 1.67 bits per heavy atom. The average molecular weight is 210 g/mol. The zero-order chi connectivity index (χ0) is 11.3. The van der Waals surface area contributed by atoms with Gasteiger partial charge in [0.05, 0.1) is 0 Å². The molecule has 0 aromatic carbocycles. The van der Waals surface area contributed by atoms with Crippen LogP contribution >= 0.6 is 0 Å². The summed E-state index contributed by atoms with van der Waals surface area (Å²) in [5, 5.41) is 7.12. The summed E-state index contributed by atoms with van der Waals surface area (Å²) in [4.78, 5) is 13.5. The quantitative estimate of drug-likeness (QED) is 0.701. The Kier molecular flexibility index (Phi) is 4.30. The second-order valence-electron chi connectivity index (χ2n) is 3.56. The molecule has 0 saturated carbocycles. The zero-order valence-corrected chi connectivity index (χ0v) is 9.53. The van der Waals surface area contributed by atoms with Crippen molar-refractivity contribution >= 4 is 5.91 Å². The largest absolute Gasteiger partial charge is 0.340 e. The number of nitrogens with zero attached hydrogens (tertiary/aromatic N) is 3. The third kappa shape index (κ3) is 3.36. The van der Waals surface area contributed by atoms with E-state index in [0.29, 0.717) is 5.69 Å². The minimum Gasteiger partial charge on any atom is -0.340 e. The monoisotopic (exact) mass is 210 g/mol. The number of hydrogen-bond donors (Lipinski definition) is 1. The SMILES string of the molecule is CNCCCN(C)C(=O)c1ccn(C)n1. The normalized spacial score (nSPS) is 10.3. The summed E-state index contributed by atoms with van der Waals surface area (Å²) in [6.45, 7) is 1.66. The van der Waals surface area contributed by atoms with E-state index in [-0.39, 0.29) is 5.91 Å². The highest BCUT2D eigenvalue weighted by Crippen LogP contribution is 2.00. The van der Waals surface area contributed by atoms with E-state index in [1.54, 1.807) is 35.9 Å². The lowest BCUT2D eigenvalue weighted by Crippen LogP contribution is -2.29.